The van der Waals surface area contributed by atoms with Gasteiger partial charge in [0.15, 0.2) is 11.5 Å². The van der Waals surface area contributed by atoms with Crippen molar-refractivity contribution in [3.8, 4) is 17.2 Å². The Morgan fingerprint density at radius 1 is 0.786 bits per heavy atom. The van der Waals surface area contributed by atoms with Crippen molar-refractivity contribution in [1.29, 1.82) is 0 Å². The summed E-state index contributed by atoms with van der Waals surface area (Å²) in [7, 11) is 1.52. The fourth-order valence-electron chi connectivity index (χ4n) is 3.80. The van der Waals surface area contributed by atoms with Gasteiger partial charge >= 0.3 is 11.8 Å². The number of ether oxygens (including phenoxy) is 3. The highest BCUT2D eigenvalue weighted by Crippen LogP contribution is 2.28. The number of methoxy groups -OCH3 is 1. The standard InChI is InChI=1S/C32H30N4O6/c1-3-41-25-16-14-24(15-17-25)34-30(37)26-11-7-8-12-27(26)35-31(38)32(39)36-33-20-23-13-18-28(29(19-23)40-2)42-21-22-9-5-4-6-10-22/h4-20H,3,21H2,1-2H3,(H,34,37)(H,35,38)(H,36,39)/b33-20-. The van der Waals surface area contributed by atoms with Gasteiger partial charge in [-0.1, -0.05) is 42.5 Å². The highest BCUT2D eigenvalue weighted by Gasteiger charge is 2.18. The van der Waals surface area contributed by atoms with Crippen LogP contribution < -0.4 is 30.3 Å². The number of rotatable bonds is 11. The number of nitrogens with zero attached hydrogens (tertiary/aromatic N) is 1. The molecule has 214 valence electrons. The molecule has 0 heterocycles. The van der Waals surface area contributed by atoms with Gasteiger partial charge in [0.1, 0.15) is 12.4 Å². The molecule has 10 nitrogen and oxygen atoms in total. The number of carbonyl (C=O) groups excluding carboxylic acids is 3. The van der Waals surface area contributed by atoms with Crippen molar-refractivity contribution in [3.05, 3.63) is 114 Å². The second-order valence-corrected chi connectivity index (χ2v) is 8.79. The Labute approximate surface area is 243 Å². The van der Waals surface area contributed by atoms with E-state index in [1.54, 1.807) is 54.6 Å². The number of nitrogens with one attached hydrogen (secondary N) is 3. The molecule has 3 N–H and O–H groups in total. The zero-order valence-corrected chi connectivity index (χ0v) is 23.1. The molecule has 0 aliphatic rings. The maximum absolute atomic E-state index is 12.9. The van der Waals surface area contributed by atoms with Crippen molar-refractivity contribution in [2.45, 2.75) is 13.5 Å². The second kappa shape index (κ2) is 14.7. The Hall–Kier alpha value is -5.64. The van der Waals surface area contributed by atoms with E-state index in [0.29, 0.717) is 41.7 Å². The van der Waals surface area contributed by atoms with E-state index in [-0.39, 0.29) is 11.3 Å². The second-order valence-electron chi connectivity index (χ2n) is 8.79. The Morgan fingerprint density at radius 2 is 1.52 bits per heavy atom. The van der Waals surface area contributed by atoms with Crippen molar-refractivity contribution < 1.29 is 28.6 Å². The molecular formula is C32H30N4O6. The number of hydrazone groups is 1. The van der Waals surface area contributed by atoms with Gasteiger partial charge in [-0.3, -0.25) is 14.4 Å². The molecule has 0 unspecified atom stereocenters. The summed E-state index contributed by atoms with van der Waals surface area (Å²) in [6, 6.07) is 28.1. The molecule has 0 saturated carbocycles. The van der Waals surface area contributed by atoms with Gasteiger partial charge in [-0.2, -0.15) is 5.10 Å². The first-order valence-electron chi connectivity index (χ1n) is 13.1. The zero-order chi connectivity index (χ0) is 29.7. The number of benzene rings is 4. The molecule has 0 radical (unpaired) electrons. The minimum absolute atomic E-state index is 0.167. The monoisotopic (exact) mass is 566 g/mol. The summed E-state index contributed by atoms with van der Waals surface area (Å²) in [4.78, 5) is 37.8. The van der Waals surface area contributed by atoms with Crippen molar-refractivity contribution >= 4 is 35.3 Å². The van der Waals surface area contributed by atoms with E-state index in [0.717, 1.165) is 5.56 Å². The lowest BCUT2D eigenvalue weighted by Crippen LogP contribution is -2.33. The summed E-state index contributed by atoms with van der Waals surface area (Å²) in [6.07, 6.45) is 1.37. The van der Waals surface area contributed by atoms with Gasteiger partial charge in [0.2, 0.25) is 0 Å². The van der Waals surface area contributed by atoms with E-state index < -0.39 is 17.7 Å². The molecule has 3 amide bonds. The van der Waals surface area contributed by atoms with E-state index in [9.17, 15) is 14.4 Å². The van der Waals surface area contributed by atoms with Crippen LogP contribution in [0.15, 0.2) is 102 Å². The molecule has 0 aliphatic heterocycles. The Bertz CT molecular complexity index is 1560. The molecule has 42 heavy (non-hydrogen) atoms. The van der Waals surface area contributed by atoms with Gasteiger partial charge in [-0.15, -0.1) is 0 Å². The van der Waals surface area contributed by atoms with Crippen LogP contribution in [-0.4, -0.2) is 37.7 Å². The van der Waals surface area contributed by atoms with Gasteiger partial charge in [-0.05, 0) is 72.6 Å². The van der Waals surface area contributed by atoms with Crippen LogP contribution in [0.2, 0.25) is 0 Å². The largest absolute Gasteiger partial charge is 0.494 e. The molecular weight excluding hydrogens is 536 g/mol. The molecule has 0 aromatic heterocycles. The Morgan fingerprint density at radius 3 is 2.26 bits per heavy atom. The fraction of sp³-hybridized carbons (Fsp3) is 0.125. The fourth-order valence-corrected chi connectivity index (χ4v) is 3.80. The number of hydrogen-bond donors (Lipinski definition) is 3. The first-order chi connectivity index (χ1) is 20.5. The van der Waals surface area contributed by atoms with Crippen molar-refractivity contribution in [3.63, 3.8) is 0 Å². The van der Waals surface area contributed by atoms with Crippen LogP contribution in [0.3, 0.4) is 0 Å². The third-order valence-electron chi connectivity index (χ3n) is 5.85. The van der Waals surface area contributed by atoms with E-state index in [1.807, 2.05) is 37.3 Å². The topological polar surface area (TPSA) is 127 Å². The molecule has 0 fully saturated rings. The lowest BCUT2D eigenvalue weighted by atomic mass is 10.1. The number of carbonyl (C=O) groups is 3. The number of para-hydroxylation sites is 1. The summed E-state index contributed by atoms with van der Waals surface area (Å²) in [5.41, 5.74) is 4.70. The molecule has 4 rings (SSSR count). The van der Waals surface area contributed by atoms with Crippen LogP contribution in [-0.2, 0) is 16.2 Å². The van der Waals surface area contributed by atoms with E-state index >= 15 is 0 Å². The molecule has 0 bridgehead atoms. The van der Waals surface area contributed by atoms with Crippen LogP contribution in [0.4, 0.5) is 11.4 Å². The summed E-state index contributed by atoms with van der Waals surface area (Å²) < 4.78 is 16.7. The van der Waals surface area contributed by atoms with E-state index in [1.165, 1.54) is 25.5 Å². The van der Waals surface area contributed by atoms with Crippen molar-refractivity contribution in [1.82, 2.24) is 5.43 Å². The maximum Gasteiger partial charge on any atom is 0.329 e. The van der Waals surface area contributed by atoms with Gasteiger partial charge in [-0.25, -0.2) is 5.43 Å². The SMILES string of the molecule is CCOc1ccc(NC(=O)c2ccccc2NC(=O)C(=O)N/N=C\c2ccc(OCc3ccccc3)c(OC)c2)cc1. The Kier molecular flexibility index (Phi) is 10.2. The van der Waals surface area contributed by atoms with Crippen molar-refractivity contribution in [2.24, 2.45) is 5.10 Å². The third kappa shape index (κ3) is 8.18. The van der Waals surface area contributed by atoms with Crippen LogP contribution in [0.25, 0.3) is 0 Å². The first kappa shape index (κ1) is 29.3. The predicted molar refractivity (Wildman–Crippen MR) is 160 cm³/mol. The average Bonchev–Trinajstić information content (AvgIpc) is 3.02. The summed E-state index contributed by atoms with van der Waals surface area (Å²) >= 11 is 0. The summed E-state index contributed by atoms with van der Waals surface area (Å²) in [5, 5.41) is 9.09. The zero-order valence-electron chi connectivity index (χ0n) is 23.1. The molecule has 4 aromatic carbocycles. The lowest BCUT2D eigenvalue weighted by Gasteiger charge is -2.12. The van der Waals surface area contributed by atoms with Crippen molar-refractivity contribution in [2.75, 3.05) is 24.4 Å². The van der Waals surface area contributed by atoms with E-state index in [2.05, 4.69) is 21.2 Å². The van der Waals surface area contributed by atoms with Crippen LogP contribution in [0.5, 0.6) is 17.2 Å². The normalized spacial score (nSPS) is 10.5. The average molecular weight is 567 g/mol. The van der Waals surface area contributed by atoms with Gasteiger partial charge in [0.05, 0.1) is 31.2 Å². The van der Waals surface area contributed by atoms with Gasteiger partial charge in [0.25, 0.3) is 5.91 Å². The Balaban J connectivity index is 1.33. The predicted octanol–water partition coefficient (Wildman–Crippen LogP) is 5.01. The van der Waals surface area contributed by atoms with Crippen LogP contribution in [0, 0.1) is 0 Å². The highest BCUT2D eigenvalue weighted by atomic mass is 16.5. The molecule has 0 spiro atoms. The van der Waals surface area contributed by atoms with Crippen LogP contribution >= 0.6 is 0 Å². The number of amides is 3. The minimum atomic E-state index is -1.01. The number of hydrogen-bond acceptors (Lipinski definition) is 7. The highest BCUT2D eigenvalue weighted by molar-refractivity contribution is 6.40. The third-order valence-corrected chi connectivity index (χ3v) is 5.85. The first-order valence-corrected chi connectivity index (χ1v) is 13.1. The van der Waals surface area contributed by atoms with Gasteiger partial charge in [0, 0.05) is 5.69 Å². The lowest BCUT2D eigenvalue weighted by molar-refractivity contribution is -0.136. The molecule has 0 saturated heterocycles. The van der Waals surface area contributed by atoms with Gasteiger partial charge < -0.3 is 24.8 Å². The quantitative estimate of drug-likeness (QED) is 0.133. The summed E-state index contributed by atoms with van der Waals surface area (Å²) in [6.45, 7) is 2.79. The smallest absolute Gasteiger partial charge is 0.329 e. The van der Waals surface area contributed by atoms with Crippen LogP contribution in [0.1, 0.15) is 28.4 Å². The minimum Gasteiger partial charge on any atom is -0.494 e. The van der Waals surface area contributed by atoms with E-state index in [4.69, 9.17) is 14.2 Å². The molecule has 4 aromatic rings. The maximum atomic E-state index is 12.9. The molecule has 0 aliphatic carbocycles. The molecule has 10 heteroatoms. The number of anilines is 2. The summed E-state index contributed by atoms with van der Waals surface area (Å²) in [5.74, 6) is -0.746. The molecule has 0 atom stereocenters.